The molecule has 0 saturated carbocycles. The summed E-state index contributed by atoms with van der Waals surface area (Å²) in [6.07, 6.45) is 0.150. The van der Waals surface area contributed by atoms with Gasteiger partial charge in [0.1, 0.15) is 12.4 Å². The van der Waals surface area contributed by atoms with Crippen LogP contribution >= 0.6 is 0 Å². The maximum Gasteiger partial charge on any atom is 0.229 e. The molecule has 33 heavy (non-hydrogen) atoms. The summed E-state index contributed by atoms with van der Waals surface area (Å²) in [4.78, 5) is 38.0. The molecule has 2 N–H and O–H groups in total. The quantitative estimate of drug-likeness (QED) is 0.573. The van der Waals surface area contributed by atoms with Crippen LogP contribution in [0.15, 0.2) is 78.9 Å². The molecule has 1 saturated heterocycles. The van der Waals surface area contributed by atoms with Crippen LogP contribution in [-0.2, 0) is 21.0 Å². The largest absolute Gasteiger partial charge is 0.489 e. The molecule has 4 rings (SSSR count). The number of nitrogens with zero attached hydrogens (tertiary/aromatic N) is 1. The molecule has 1 fully saturated rings. The normalized spacial score (nSPS) is 15.2. The van der Waals surface area contributed by atoms with Crippen molar-refractivity contribution in [1.82, 2.24) is 0 Å². The lowest BCUT2D eigenvalue weighted by atomic mass is 10.1. The first-order valence-corrected chi connectivity index (χ1v) is 10.7. The molecule has 0 aliphatic carbocycles. The minimum atomic E-state index is -0.443. The van der Waals surface area contributed by atoms with E-state index in [0.29, 0.717) is 36.0 Å². The monoisotopic (exact) mass is 443 g/mol. The van der Waals surface area contributed by atoms with E-state index in [2.05, 4.69) is 10.6 Å². The molecule has 3 aromatic rings. The first kappa shape index (κ1) is 22.1. The van der Waals surface area contributed by atoms with Crippen molar-refractivity contribution in [3.63, 3.8) is 0 Å². The SMILES string of the molecule is CC(=O)Nc1ccc(N2CC(C(=O)Nc3ccc(OCc4ccccc4)cc3)CC2=O)cc1. The third kappa shape index (κ3) is 5.77. The van der Waals surface area contributed by atoms with Gasteiger partial charge in [0, 0.05) is 37.0 Å². The number of nitrogens with one attached hydrogen (secondary N) is 2. The summed E-state index contributed by atoms with van der Waals surface area (Å²) >= 11 is 0. The molecular weight excluding hydrogens is 418 g/mol. The Morgan fingerprint density at radius 2 is 1.55 bits per heavy atom. The molecule has 1 unspecified atom stereocenters. The van der Waals surface area contributed by atoms with Gasteiger partial charge < -0.3 is 20.3 Å². The van der Waals surface area contributed by atoms with E-state index in [-0.39, 0.29) is 24.1 Å². The van der Waals surface area contributed by atoms with E-state index in [0.717, 1.165) is 5.56 Å². The molecule has 168 valence electrons. The second kappa shape index (κ2) is 9.99. The van der Waals surface area contributed by atoms with Crippen molar-refractivity contribution in [3.8, 4) is 5.75 Å². The predicted octanol–water partition coefficient (Wildman–Crippen LogP) is 4.22. The molecule has 1 atom stereocenters. The first-order chi connectivity index (χ1) is 16.0. The number of benzene rings is 3. The van der Waals surface area contributed by atoms with Gasteiger partial charge in [-0.3, -0.25) is 14.4 Å². The summed E-state index contributed by atoms with van der Waals surface area (Å²) in [6, 6.07) is 24.1. The maximum atomic E-state index is 12.7. The molecule has 0 spiro atoms. The fourth-order valence-electron chi connectivity index (χ4n) is 3.68. The fraction of sp³-hybridized carbons (Fsp3) is 0.192. The van der Waals surface area contributed by atoms with Crippen LogP contribution in [-0.4, -0.2) is 24.3 Å². The summed E-state index contributed by atoms with van der Waals surface area (Å²) in [5, 5.41) is 5.58. The Hall–Kier alpha value is -4.13. The van der Waals surface area contributed by atoms with Gasteiger partial charge in [-0.15, -0.1) is 0 Å². The minimum Gasteiger partial charge on any atom is -0.489 e. The zero-order chi connectivity index (χ0) is 23.2. The lowest BCUT2D eigenvalue weighted by Crippen LogP contribution is -2.28. The molecule has 0 aromatic heterocycles. The predicted molar refractivity (Wildman–Crippen MR) is 127 cm³/mol. The number of hydrogen-bond donors (Lipinski definition) is 2. The molecule has 1 aliphatic rings. The van der Waals surface area contributed by atoms with Gasteiger partial charge >= 0.3 is 0 Å². The molecular formula is C26H25N3O4. The third-order valence-electron chi connectivity index (χ3n) is 5.37. The molecule has 1 aliphatic heterocycles. The average molecular weight is 444 g/mol. The first-order valence-electron chi connectivity index (χ1n) is 10.7. The highest BCUT2D eigenvalue weighted by atomic mass is 16.5. The van der Waals surface area contributed by atoms with Gasteiger partial charge in [-0.1, -0.05) is 30.3 Å². The van der Waals surface area contributed by atoms with E-state index >= 15 is 0 Å². The summed E-state index contributed by atoms with van der Waals surface area (Å²) in [5.41, 5.74) is 3.08. The van der Waals surface area contributed by atoms with Crippen LogP contribution < -0.4 is 20.3 Å². The fourth-order valence-corrected chi connectivity index (χ4v) is 3.68. The van der Waals surface area contributed by atoms with Crippen molar-refractivity contribution in [3.05, 3.63) is 84.4 Å². The topological polar surface area (TPSA) is 87.7 Å². The smallest absolute Gasteiger partial charge is 0.229 e. The van der Waals surface area contributed by atoms with E-state index in [1.807, 2.05) is 30.3 Å². The second-order valence-corrected chi connectivity index (χ2v) is 7.92. The molecule has 7 heteroatoms. The lowest BCUT2D eigenvalue weighted by Gasteiger charge is -2.17. The van der Waals surface area contributed by atoms with Crippen LogP contribution in [0.5, 0.6) is 5.75 Å². The van der Waals surface area contributed by atoms with Gasteiger partial charge in [-0.05, 0) is 54.1 Å². The van der Waals surface area contributed by atoms with E-state index < -0.39 is 5.92 Å². The number of carbonyl (C=O) groups excluding carboxylic acids is 3. The minimum absolute atomic E-state index is 0.105. The van der Waals surface area contributed by atoms with E-state index in [4.69, 9.17) is 4.74 Å². The van der Waals surface area contributed by atoms with Crippen molar-refractivity contribution < 1.29 is 19.1 Å². The van der Waals surface area contributed by atoms with Gasteiger partial charge in [0.05, 0.1) is 5.92 Å². The van der Waals surface area contributed by atoms with Crippen LogP contribution in [0.2, 0.25) is 0 Å². The second-order valence-electron chi connectivity index (χ2n) is 7.92. The number of anilines is 3. The van der Waals surface area contributed by atoms with Gasteiger partial charge in [0.15, 0.2) is 0 Å². The molecule has 3 aromatic carbocycles. The van der Waals surface area contributed by atoms with Crippen molar-refractivity contribution in [2.45, 2.75) is 20.0 Å². The van der Waals surface area contributed by atoms with Gasteiger partial charge in [-0.25, -0.2) is 0 Å². The Bertz CT molecular complexity index is 1130. The zero-order valence-corrected chi connectivity index (χ0v) is 18.3. The Morgan fingerprint density at radius 3 is 2.21 bits per heavy atom. The van der Waals surface area contributed by atoms with Gasteiger partial charge in [0.25, 0.3) is 0 Å². The van der Waals surface area contributed by atoms with Gasteiger partial charge in [0.2, 0.25) is 17.7 Å². The highest BCUT2D eigenvalue weighted by molar-refractivity contribution is 6.03. The van der Waals surface area contributed by atoms with E-state index in [1.54, 1.807) is 53.4 Å². The number of amides is 3. The molecule has 3 amide bonds. The zero-order valence-electron chi connectivity index (χ0n) is 18.3. The van der Waals surface area contributed by atoms with Crippen molar-refractivity contribution in [1.29, 1.82) is 0 Å². The standard InChI is InChI=1S/C26H25N3O4/c1-18(30)27-21-7-11-23(12-8-21)29-16-20(15-25(29)31)26(32)28-22-9-13-24(14-10-22)33-17-19-5-3-2-4-6-19/h2-14,20H,15-17H2,1H3,(H,27,30)(H,28,32). The van der Waals surface area contributed by atoms with Crippen LogP contribution in [0.4, 0.5) is 17.1 Å². The number of ether oxygens (including phenoxy) is 1. The van der Waals surface area contributed by atoms with Crippen molar-refractivity contribution in [2.24, 2.45) is 5.92 Å². The van der Waals surface area contributed by atoms with E-state index in [1.165, 1.54) is 6.92 Å². The Morgan fingerprint density at radius 1 is 0.909 bits per heavy atom. The van der Waals surface area contributed by atoms with Crippen LogP contribution in [0.3, 0.4) is 0 Å². The highest BCUT2D eigenvalue weighted by Gasteiger charge is 2.35. The van der Waals surface area contributed by atoms with Crippen LogP contribution in [0, 0.1) is 5.92 Å². The van der Waals surface area contributed by atoms with E-state index in [9.17, 15) is 14.4 Å². The third-order valence-corrected chi connectivity index (χ3v) is 5.37. The van der Waals surface area contributed by atoms with Crippen molar-refractivity contribution >= 4 is 34.8 Å². The molecule has 0 bridgehead atoms. The highest BCUT2D eigenvalue weighted by Crippen LogP contribution is 2.27. The number of rotatable bonds is 7. The molecule has 0 radical (unpaired) electrons. The Labute approximate surface area is 192 Å². The summed E-state index contributed by atoms with van der Waals surface area (Å²) in [5.74, 6) is -0.193. The molecule has 1 heterocycles. The van der Waals surface area contributed by atoms with Crippen LogP contribution in [0.25, 0.3) is 0 Å². The lowest BCUT2D eigenvalue weighted by molar-refractivity contribution is -0.122. The Kier molecular flexibility index (Phi) is 6.69. The summed E-state index contributed by atoms with van der Waals surface area (Å²) in [6.45, 7) is 2.22. The molecule has 7 nitrogen and oxygen atoms in total. The van der Waals surface area contributed by atoms with Gasteiger partial charge in [-0.2, -0.15) is 0 Å². The van der Waals surface area contributed by atoms with Crippen LogP contribution in [0.1, 0.15) is 18.9 Å². The van der Waals surface area contributed by atoms with Crippen molar-refractivity contribution in [2.75, 3.05) is 22.1 Å². The number of carbonyl (C=O) groups is 3. The summed E-state index contributed by atoms with van der Waals surface area (Å²) < 4.78 is 5.77. The maximum absolute atomic E-state index is 12.7. The average Bonchev–Trinajstić information content (AvgIpc) is 3.21. The number of hydrogen-bond acceptors (Lipinski definition) is 4. The summed E-state index contributed by atoms with van der Waals surface area (Å²) in [7, 11) is 0. The Balaban J connectivity index is 1.31.